The van der Waals surface area contributed by atoms with E-state index in [4.69, 9.17) is 0 Å². The molecule has 0 aromatic heterocycles. The molecular formula is C16H15BrN2O3S. The summed E-state index contributed by atoms with van der Waals surface area (Å²) < 4.78 is 28.5. The van der Waals surface area contributed by atoms with E-state index in [1.54, 1.807) is 55.3 Å². The first-order valence-corrected chi connectivity index (χ1v) is 9.23. The number of aryl methyl sites for hydroxylation is 1. The molecule has 1 heterocycles. The van der Waals surface area contributed by atoms with Gasteiger partial charge in [-0.2, -0.15) is 0 Å². The number of nitrogens with zero attached hydrogens (tertiary/aromatic N) is 1. The average Bonchev–Trinajstić information content (AvgIpc) is 2.73. The number of sulfonamides is 1. The fourth-order valence-electron chi connectivity index (χ4n) is 2.63. The van der Waals surface area contributed by atoms with Gasteiger partial charge in [0, 0.05) is 29.3 Å². The first-order chi connectivity index (χ1) is 10.8. The van der Waals surface area contributed by atoms with Crippen LogP contribution in [0.4, 0.5) is 5.69 Å². The summed E-state index contributed by atoms with van der Waals surface area (Å²) in [4.78, 5) is 13.8. The number of hydrogen-bond donors (Lipinski definition) is 1. The summed E-state index contributed by atoms with van der Waals surface area (Å²) in [5, 5.41) is 0. The molecule has 0 aliphatic carbocycles. The van der Waals surface area contributed by atoms with Crippen LogP contribution in [-0.4, -0.2) is 26.3 Å². The van der Waals surface area contributed by atoms with Crippen LogP contribution >= 0.6 is 15.9 Å². The van der Waals surface area contributed by atoms with Gasteiger partial charge in [-0.3, -0.25) is 9.52 Å². The van der Waals surface area contributed by atoms with E-state index in [-0.39, 0.29) is 10.8 Å². The van der Waals surface area contributed by atoms with E-state index in [2.05, 4.69) is 20.7 Å². The van der Waals surface area contributed by atoms with Gasteiger partial charge < -0.3 is 4.90 Å². The van der Waals surface area contributed by atoms with Gasteiger partial charge >= 0.3 is 0 Å². The predicted octanol–water partition coefficient (Wildman–Crippen LogP) is 3.14. The highest BCUT2D eigenvalue weighted by Crippen LogP contribution is 2.27. The number of amides is 1. The zero-order valence-electron chi connectivity index (χ0n) is 12.6. The minimum absolute atomic E-state index is 0.0964. The van der Waals surface area contributed by atoms with Crippen molar-refractivity contribution in [3.63, 3.8) is 0 Å². The summed E-state index contributed by atoms with van der Waals surface area (Å²) in [6.07, 6.45) is 0. The highest BCUT2D eigenvalue weighted by molar-refractivity contribution is 9.10. The Morgan fingerprint density at radius 2 is 1.91 bits per heavy atom. The van der Waals surface area contributed by atoms with Gasteiger partial charge in [0.1, 0.15) is 0 Å². The molecule has 7 heteroatoms. The van der Waals surface area contributed by atoms with Crippen molar-refractivity contribution in [1.82, 2.24) is 4.90 Å². The van der Waals surface area contributed by atoms with Crippen LogP contribution in [0, 0.1) is 6.92 Å². The van der Waals surface area contributed by atoms with Gasteiger partial charge in [0.2, 0.25) is 0 Å². The highest BCUT2D eigenvalue weighted by atomic mass is 79.9. The summed E-state index contributed by atoms with van der Waals surface area (Å²) >= 11 is 3.32. The van der Waals surface area contributed by atoms with Crippen molar-refractivity contribution in [2.24, 2.45) is 0 Å². The minimum Gasteiger partial charge on any atom is -0.337 e. The molecule has 0 fully saturated rings. The second-order valence-electron chi connectivity index (χ2n) is 5.55. The first-order valence-electron chi connectivity index (χ1n) is 6.95. The highest BCUT2D eigenvalue weighted by Gasteiger charge is 2.25. The van der Waals surface area contributed by atoms with E-state index in [1.165, 1.54) is 0 Å². The molecular weight excluding hydrogens is 380 g/mol. The molecule has 0 saturated heterocycles. The van der Waals surface area contributed by atoms with Crippen LogP contribution < -0.4 is 4.72 Å². The maximum absolute atomic E-state index is 12.6. The summed E-state index contributed by atoms with van der Waals surface area (Å²) in [5.74, 6) is -0.0964. The Balaban J connectivity index is 1.94. The van der Waals surface area contributed by atoms with Crippen LogP contribution in [0.3, 0.4) is 0 Å². The van der Waals surface area contributed by atoms with Crippen LogP contribution in [-0.2, 0) is 16.6 Å². The van der Waals surface area contributed by atoms with Gasteiger partial charge in [-0.15, -0.1) is 0 Å². The van der Waals surface area contributed by atoms with E-state index in [9.17, 15) is 13.2 Å². The number of nitrogens with one attached hydrogen (secondary N) is 1. The van der Waals surface area contributed by atoms with Crippen LogP contribution in [0.2, 0.25) is 0 Å². The van der Waals surface area contributed by atoms with Crippen molar-refractivity contribution in [3.8, 4) is 0 Å². The summed E-state index contributed by atoms with van der Waals surface area (Å²) in [6.45, 7) is 2.29. The van der Waals surface area contributed by atoms with E-state index in [0.717, 1.165) is 10.0 Å². The molecule has 2 aromatic carbocycles. The zero-order valence-corrected chi connectivity index (χ0v) is 15.0. The van der Waals surface area contributed by atoms with Crippen molar-refractivity contribution in [1.29, 1.82) is 0 Å². The van der Waals surface area contributed by atoms with Crippen LogP contribution in [0.15, 0.2) is 45.8 Å². The van der Waals surface area contributed by atoms with E-state index in [1.807, 2.05) is 0 Å². The minimum atomic E-state index is -3.70. The SMILES string of the molecule is Cc1cc(Br)ccc1S(=O)(=O)Nc1ccc2c(c1)C(=O)N(C)C2. The maximum atomic E-state index is 12.6. The number of carbonyl (C=O) groups excluding carboxylic acids is 1. The van der Waals surface area contributed by atoms with Crippen LogP contribution in [0.25, 0.3) is 0 Å². The molecule has 1 aliphatic rings. The number of anilines is 1. The molecule has 0 spiro atoms. The lowest BCUT2D eigenvalue weighted by molar-refractivity contribution is 0.0816. The fourth-order valence-corrected chi connectivity index (χ4v) is 4.39. The largest absolute Gasteiger partial charge is 0.337 e. The van der Waals surface area contributed by atoms with Gasteiger partial charge in [-0.25, -0.2) is 8.42 Å². The van der Waals surface area contributed by atoms with Crippen LogP contribution in [0.1, 0.15) is 21.5 Å². The van der Waals surface area contributed by atoms with E-state index >= 15 is 0 Å². The van der Waals surface area contributed by atoms with Gasteiger partial charge in [0.15, 0.2) is 0 Å². The first kappa shape index (κ1) is 16.0. The fraction of sp³-hybridized carbons (Fsp3) is 0.188. The maximum Gasteiger partial charge on any atom is 0.262 e. The van der Waals surface area contributed by atoms with Crippen molar-refractivity contribution in [3.05, 3.63) is 57.6 Å². The van der Waals surface area contributed by atoms with Gasteiger partial charge in [0.25, 0.3) is 15.9 Å². The Bertz CT molecular complexity index is 910. The average molecular weight is 395 g/mol. The third-order valence-corrected chi connectivity index (χ3v) is 5.81. The molecule has 1 N–H and O–H groups in total. The Morgan fingerprint density at radius 1 is 1.17 bits per heavy atom. The molecule has 0 bridgehead atoms. The lowest BCUT2D eigenvalue weighted by atomic mass is 10.1. The monoisotopic (exact) mass is 394 g/mol. The molecule has 120 valence electrons. The summed E-state index contributed by atoms with van der Waals surface area (Å²) in [6, 6.07) is 10.0. The van der Waals surface area contributed by atoms with Gasteiger partial charge in [-0.1, -0.05) is 22.0 Å². The number of carbonyl (C=O) groups is 1. The Kier molecular flexibility index (Phi) is 3.93. The van der Waals surface area contributed by atoms with E-state index in [0.29, 0.717) is 23.4 Å². The zero-order chi connectivity index (χ0) is 16.8. The molecule has 23 heavy (non-hydrogen) atoms. The quantitative estimate of drug-likeness (QED) is 0.869. The topological polar surface area (TPSA) is 66.5 Å². The van der Waals surface area contributed by atoms with Crippen molar-refractivity contribution >= 4 is 37.5 Å². The van der Waals surface area contributed by atoms with Crippen molar-refractivity contribution in [2.75, 3.05) is 11.8 Å². The molecule has 0 radical (unpaired) electrons. The number of fused-ring (bicyclic) bond motifs is 1. The summed E-state index contributed by atoms with van der Waals surface area (Å²) in [5.41, 5.74) is 2.47. The van der Waals surface area contributed by atoms with Crippen molar-refractivity contribution in [2.45, 2.75) is 18.4 Å². The Labute approximate surface area is 143 Å². The van der Waals surface area contributed by atoms with Gasteiger partial charge in [0.05, 0.1) is 4.90 Å². The van der Waals surface area contributed by atoms with Gasteiger partial charge in [-0.05, 0) is 48.4 Å². The lowest BCUT2D eigenvalue weighted by Crippen LogP contribution is -2.17. The second-order valence-corrected chi connectivity index (χ2v) is 8.11. The molecule has 1 amide bonds. The van der Waals surface area contributed by atoms with E-state index < -0.39 is 10.0 Å². The molecule has 0 saturated carbocycles. The number of hydrogen-bond acceptors (Lipinski definition) is 3. The smallest absolute Gasteiger partial charge is 0.262 e. The second kappa shape index (κ2) is 5.65. The van der Waals surface area contributed by atoms with Crippen LogP contribution in [0.5, 0.6) is 0 Å². The molecule has 0 atom stereocenters. The third-order valence-electron chi connectivity index (χ3n) is 3.77. The molecule has 5 nitrogen and oxygen atoms in total. The number of benzene rings is 2. The Hall–Kier alpha value is -1.86. The molecule has 1 aliphatic heterocycles. The predicted molar refractivity (Wildman–Crippen MR) is 91.9 cm³/mol. The molecule has 2 aromatic rings. The standard InChI is InChI=1S/C16H15BrN2O3S/c1-10-7-12(17)4-6-15(10)23(21,22)18-13-5-3-11-9-19(2)16(20)14(11)8-13/h3-8,18H,9H2,1-2H3. The molecule has 3 rings (SSSR count). The third kappa shape index (κ3) is 2.98. The normalized spacial score (nSPS) is 14.0. The number of rotatable bonds is 3. The lowest BCUT2D eigenvalue weighted by Gasteiger charge is -2.11. The Morgan fingerprint density at radius 3 is 2.61 bits per heavy atom. The summed E-state index contributed by atoms with van der Waals surface area (Å²) in [7, 11) is -1.99. The number of halogens is 1. The van der Waals surface area contributed by atoms with Crippen molar-refractivity contribution < 1.29 is 13.2 Å². The molecule has 0 unspecified atom stereocenters.